The number of hydrogen-bond acceptors (Lipinski definition) is 3. The number of rotatable bonds is 10. The van der Waals surface area contributed by atoms with Gasteiger partial charge in [0.2, 0.25) is 0 Å². The molecule has 0 aliphatic rings. The molecule has 0 fully saturated rings. The van der Waals surface area contributed by atoms with Gasteiger partial charge in [0.05, 0.1) is 12.7 Å². The van der Waals surface area contributed by atoms with Crippen molar-refractivity contribution in [3.63, 3.8) is 0 Å². The van der Waals surface area contributed by atoms with Gasteiger partial charge in [-0.05, 0) is 41.6 Å². The van der Waals surface area contributed by atoms with Crippen LogP contribution in [0.15, 0.2) is 72.8 Å². The predicted molar refractivity (Wildman–Crippen MR) is 128 cm³/mol. The third-order valence-electron chi connectivity index (χ3n) is 5.26. The van der Waals surface area contributed by atoms with Crippen LogP contribution in [-0.2, 0) is 14.0 Å². The van der Waals surface area contributed by atoms with Gasteiger partial charge in [0.1, 0.15) is 0 Å². The molecule has 2 aromatic carbocycles. The molecule has 0 amide bonds. The molecule has 0 bridgehead atoms. The maximum Gasteiger partial charge on any atom is 0.302 e. The molecule has 0 saturated carbocycles. The normalized spacial score (nSPS) is 13.4. The van der Waals surface area contributed by atoms with Crippen LogP contribution in [0.4, 0.5) is 0 Å². The maximum absolute atomic E-state index is 10.8. The van der Waals surface area contributed by atoms with E-state index in [2.05, 4.69) is 101 Å². The van der Waals surface area contributed by atoms with E-state index in [-0.39, 0.29) is 17.1 Å². The number of carbonyl (C=O) groups excluding carboxylic acids is 1. The van der Waals surface area contributed by atoms with Crippen molar-refractivity contribution in [3.8, 4) is 0 Å². The Hall–Kier alpha value is -2.17. The van der Waals surface area contributed by atoms with Gasteiger partial charge in [0.15, 0.2) is 0 Å². The van der Waals surface area contributed by atoms with Crippen LogP contribution >= 0.6 is 0 Å². The van der Waals surface area contributed by atoms with Crippen molar-refractivity contribution in [1.82, 2.24) is 0 Å². The second-order valence-electron chi connectivity index (χ2n) is 8.75. The Bertz CT molecular complexity index is 755. The molecule has 2 rings (SSSR count). The van der Waals surface area contributed by atoms with Gasteiger partial charge in [-0.3, -0.25) is 4.79 Å². The van der Waals surface area contributed by atoms with Crippen molar-refractivity contribution in [2.75, 3.05) is 6.61 Å². The van der Waals surface area contributed by atoms with Crippen LogP contribution in [0, 0.1) is 0 Å². The lowest BCUT2D eigenvalue weighted by Crippen LogP contribution is -2.67. The highest BCUT2D eigenvalue weighted by molar-refractivity contribution is 6.99. The van der Waals surface area contributed by atoms with E-state index in [4.69, 9.17) is 9.16 Å². The Morgan fingerprint density at radius 2 is 1.50 bits per heavy atom. The molecule has 4 heteroatoms. The van der Waals surface area contributed by atoms with E-state index in [1.165, 1.54) is 17.3 Å². The first-order valence-corrected chi connectivity index (χ1v) is 12.8. The van der Waals surface area contributed by atoms with E-state index in [9.17, 15) is 4.79 Å². The number of hydrogen-bond donors (Lipinski definition) is 0. The summed E-state index contributed by atoms with van der Waals surface area (Å²) in [4.78, 5) is 10.8. The van der Waals surface area contributed by atoms with Crippen LogP contribution in [-0.4, -0.2) is 27.0 Å². The van der Waals surface area contributed by atoms with Crippen molar-refractivity contribution in [3.05, 3.63) is 72.8 Å². The smallest absolute Gasteiger partial charge is 0.302 e. The molecule has 162 valence electrons. The van der Waals surface area contributed by atoms with Gasteiger partial charge >= 0.3 is 5.97 Å². The summed E-state index contributed by atoms with van der Waals surface area (Å²) in [5.74, 6) is -0.210. The van der Waals surface area contributed by atoms with E-state index in [0.29, 0.717) is 6.61 Å². The summed E-state index contributed by atoms with van der Waals surface area (Å²) in [6.45, 7) is 11.0. The topological polar surface area (TPSA) is 35.5 Å². The van der Waals surface area contributed by atoms with Gasteiger partial charge in [0.25, 0.3) is 8.32 Å². The summed E-state index contributed by atoms with van der Waals surface area (Å²) in [5.41, 5.74) is 0. The van der Waals surface area contributed by atoms with Crippen molar-refractivity contribution in [2.45, 2.75) is 65.0 Å². The van der Waals surface area contributed by atoms with Crippen molar-refractivity contribution in [2.24, 2.45) is 0 Å². The second-order valence-corrected chi connectivity index (χ2v) is 13.0. The van der Waals surface area contributed by atoms with E-state index >= 15 is 0 Å². The monoisotopic (exact) mass is 424 g/mol. The molecule has 0 N–H and O–H groups in total. The van der Waals surface area contributed by atoms with Gasteiger partial charge in [-0.1, -0.05) is 93.6 Å². The average Bonchev–Trinajstić information content (AvgIpc) is 2.71. The highest BCUT2D eigenvalue weighted by atomic mass is 28.4. The highest BCUT2D eigenvalue weighted by Crippen LogP contribution is 2.37. The number of esters is 1. The summed E-state index contributed by atoms with van der Waals surface area (Å²) in [5, 5.41) is 2.57. The predicted octanol–water partition coefficient (Wildman–Crippen LogP) is 5.24. The van der Waals surface area contributed by atoms with Crippen molar-refractivity contribution < 1.29 is 14.0 Å². The number of ether oxygens (including phenoxy) is 1. The number of allylic oxidation sites excluding steroid dienone is 1. The largest absolute Gasteiger partial charge is 0.466 e. The SMILES string of the molecule is CC(=O)OCCCC/C=C\C(C)O[Si](c1ccccc1)(c1ccccc1)C(C)(C)C. The van der Waals surface area contributed by atoms with Crippen LogP contribution < -0.4 is 10.4 Å². The van der Waals surface area contributed by atoms with Crippen LogP contribution in [0.5, 0.6) is 0 Å². The minimum absolute atomic E-state index is 0.00442. The van der Waals surface area contributed by atoms with E-state index < -0.39 is 8.32 Å². The van der Waals surface area contributed by atoms with Gasteiger partial charge in [0, 0.05) is 6.92 Å². The van der Waals surface area contributed by atoms with Gasteiger partial charge < -0.3 is 9.16 Å². The second kappa shape index (κ2) is 11.3. The van der Waals surface area contributed by atoms with Gasteiger partial charge in [-0.25, -0.2) is 0 Å². The standard InChI is InChI=1S/C26H36O3Si/c1-22(16-10-6-7-15-21-28-23(2)27)29-30(26(3,4)5,24-17-11-8-12-18-24)25-19-13-9-14-20-25/h8-14,16-20,22H,6-7,15,21H2,1-5H3/b16-10-. The zero-order valence-corrected chi connectivity index (χ0v) is 20.1. The quantitative estimate of drug-likeness (QED) is 0.226. The number of benzene rings is 2. The first kappa shape index (κ1) is 24.1. The third kappa shape index (κ3) is 6.41. The fourth-order valence-corrected chi connectivity index (χ4v) is 8.53. The lowest BCUT2D eigenvalue weighted by Gasteiger charge is -2.44. The zero-order valence-electron chi connectivity index (χ0n) is 19.1. The molecule has 0 aliphatic carbocycles. The lowest BCUT2D eigenvalue weighted by molar-refractivity contribution is -0.141. The summed E-state index contributed by atoms with van der Waals surface area (Å²) in [6, 6.07) is 21.4. The molecule has 0 aliphatic heterocycles. The Kier molecular flexibility index (Phi) is 9.06. The summed E-state index contributed by atoms with van der Waals surface area (Å²) in [7, 11) is -2.51. The maximum atomic E-state index is 10.8. The highest BCUT2D eigenvalue weighted by Gasteiger charge is 2.50. The Morgan fingerprint density at radius 3 is 1.97 bits per heavy atom. The summed E-state index contributed by atoms with van der Waals surface area (Å²) >= 11 is 0. The molecule has 3 nitrogen and oxygen atoms in total. The molecule has 0 spiro atoms. The Balaban J connectivity index is 2.20. The molecular formula is C26H36O3Si. The van der Waals surface area contributed by atoms with Crippen LogP contribution in [0.3, 0.4) is 0 Å². The molecule has 0 saturated heterocycles. The van der Waals surface area contributed by atoms with Crippen molar-refractivity contribution in [1.29, 1.82) is 0 Å². The first-order chi connectivity index (χ1) is 14.3. The number of carbonyl (C=O) groups is 1. The van der Waals surface area contributed by atoms with Gasteiger partial charge in [-0.2, -0.15) is 0 Å². The zero-order chi connectivity index (χ0) is 22.0. The average molecular weight is 425 g/mol. The van der Waals surface area contributed by atoms with E-state index in [1.807, 2.05) is 0 Å². The van der Waals surface area contributed by atoms with Crippen molar-refractivity contribution >= 4 is 24.7 Å². The van der Waals surface area contributed by atoms with Gasteiger partial charge in [-0.15, -0.1) is 0 Å². The third-order valence-corrected chi connectivity index (χ3v) is 10.4. The molecule has 0 aromatic heterocycles. The number of unbranched alkanes of at least 4 members (excludes halogenated alkanes) is 2. The fraction of sp³-hybridized carbons (Fsp3) is 0.423. The molecule has 2 aromatic rings. The fourth-order valence-electron chi connectivity index (χ4n) is 3.88. The molecular weight excluding hydrogens is 388 g/mol. The summed E-state index contributed by atoms with van der Waals surface area (Å²) < 4.78 is 12.0. The minimum atomic E-state index is -2.51. The molecule has 0 heterocycles. The first-order valence-electron chi connectivity index (χ1n) is 10.9. The lowest BCUT2D eigenvalue weighted by atomic mass is 10.2. The minimum Gasteiger partial charge on any atom is -0.466 e. The van der Waals surface area contributed by atoms with Crippen LogP contribution in [0.1, 0.15) is 53.9 Å². The van der Waals surface area contributed by atoms with Crippen LogP contribution in [0.2, 0.25) is 5.04 Å². The molecule has 1 atom stereocenters. The summed E-state index contributed by atoms with van der Waals surface area (Å²) in [6.07, 6.45) is 7.20. The molecule has 30 heavy (non-hydrogen) atoms. The molecule has 0 radical (unpaired) electrons. The van der Waals surface area contributed by atoms with E-state index in [0.717, 1.165) is 19.3 Å². The molecule has 1 unspecified atom stereocenters. The van der Waals surface area contributed by atoms with E-state index in [1.54, 1.807) is 0 Å². The van der Waals surface area contributed by atoms with Crippen LogP contribution in [0.25, 0.3) is 0 Å². The Labute approximate surface area is 183 Å². The Morgan fingerprint density at radius 1 is 0.967 bits per heavy atom.